The first-order chi connectivity index (χ1) is 8.75. The lowest BCUT2D eigenvalue weighted by Gasteiger charge is -2.20. The highest BCUT2D eigenvalue weighted by molar-refractivity contribution is 5.18. The number of unbranched alkanes of at least 4 members (excludes halogenated alkanes) is 5. The van der Waals surface area contributed by atoms with Crippen molar-refractivity contribution < 1.29 is 0 Å². The Hall–Kier alpha value is -0.820. The molecule has 0 bridgehead atoms. The van der Waals surface area contributed by atoms with Crippen LogP contribution in [0.25, 0.3) is 0 Å². The minimum absolute atomic E-state index is 0.196. The molecule has 0 aliphatic heterocycles. The van der Waals surface area contributed by atoms with Gasteiger partial charge in [-0.05, 0) is 17.9 Å². The van der Waals surface area contributed by atoms with Crippen LogP contribution in [0.1, 0.15) is 70.4 Å². The first-order valence-electron chi connectivity index (χ1n) is 7.56. The lowest BCUT2D eigenvalue weighted by atomic mass is 9.90. The normalized spacial score (nSPS) is 14.4. The number of benzene rings is 1. The van der Waals surface area contributed by atoms with E-state index in [-0.39, 0.29) is 6.04 Å². The van der Waals surface area contributed by atoms with Crippen molar-refractivity contribution >= 4 is 0 Å². The zero-order valence-electron chi connectivity index (χ0n) is 12.1. The van der Waals surface area contributed by atoms with Crippen LogP contribution >= 0.6 is 0 Å². The van der Waals surface area contributed by atoms with Crippen molar-refractivity contribution in [3.63, 3.8) is 0 Å². The second kappa shape index (κ2) is 9.16. The zero-order valence-corrected chi connectivity index (χ0v) is 12.1. The molecule has 1 rings (SSSR count). The molecular weight excluding hydrogens is 218 g/mol. The van der Waals surface area contributed by atoms with Crippen LogP contribution < -0.4 is 5.73 Å². The van der Waals surface area contributed by atoms with Crippen LogP contribution in [0.5, 0.6) is 0 Å². The van der Waals surface area contributed by atoms with Crippen molar-refractivity contribution in [2.24, 2.45) is 11.7 Å². The fraction of sp³-hybridized carbons (Fsp3) is 0.647. The predicted octanol–water partition coefficient (Wildman–Crippen LogP) is 5.07. The average Bonchev–Trinajstić information content (AvgIpc) is 2.42. The molecule has 1 aromatic carbocycles. The van der Waals surface area contributed by atoms with Gasteiger partial charge in [-0.15, -0.1) is 0 Å². The lowest BCUT2D eigenvalue weighted by Crippen LogP contribution is -2.18. The van der Waals surface area contributed by atoms with Gasteiger partial charge in [-0.2, -0.15) is 0 Å². The molecule has 0 saturated carbocycles. The van der Waals surface area contributed by atoms with E-state index < -0.39 is 0 Å². The predicted molar refractivity (Wildman–Crippen MR) is 80.5 cm³/mol. The summed E-state index contributed by atoms with van der Waals surface area (Å²) in [5.74, 6) is 0.582. The first-order valence-corrected chi connectivity index (χ1v) is 7.56. The molecule has 2 N–H and O–H groups in total. The van der Waals surface area contributed by atoms with Gasteiger partial charge in [0.25, 0.3) is 0 Å². The van der Waals surface area contributed by atoms with Crippen molar-refractivity contribution in [2.45, 2.75) is 64.8 Å². The first kappa shape index (κ1) is 15.2. The summed E-state index contributed by atoms with van der Waals surface area (Å²) in [6.45, 7) is 4.55. The molecule has 0 radical (unpaired) electrons. The molecule has 2 unspecified atom stereocenters. The zero-order chi connectivity index (χ0) is 13.2. The molecule has 0 aliphatic rings. The third kappa shape index (κ3) is 5.68. The largest absolute Gasteiger partial charge is 0.324 e. The lowest BCUT2D eigenvalue weighted by molar-refractivity contribution is 0.414. The van der Waals surface area contributed by atoms with Gasteiger partial charge in [0.15, 0.2) is 0 Å². The second-order valence-electron chi connectivity index (χ2n) is 5.47. The van der Waals surface area contributed by atoms with E-state index in [0.717, 1.165) is 0 Å². The monoisotopic (exact) mass is 247 g/mol. The van der Waals surface area contributed by atoms with Crippen molar-refractivity contribution in [3.05, 3.63) is 35.9 Å². The molecule has 102 valence electrons. The smallest absolute Gasteiger partial charge is 0.0320 e. The van der Waals surface area contributed by atoms with Gasteiger partial charge < -0.3 is 5.73 Å². The van der Waals surface area contributed by atoms with Gasteiger partial charge >= 0.3 is 0 Å². The molecule has 0 amide bonds. The molecule has 1 heteroatoms. The summed E-state index contributed by atoms with van der Waals surface area (Å²) in [5.41, 5.74) is 7.58. The van der Waals surface area contributed by atoms with Gasteiger partial charge in [-0.1, -0.05) is 82.7 Å². The van der Waals surface area contributed by atoms with E-state index in [0.29, 0.717) is 5.92 Å². The molecule has 1 aromatic rings. The quantitative estimate of drug-likeness (QED) is 0.605. The van der Waals surface area contributed by atoms with Crippen LogP contribution in [0.3, 0.4) is 0 Å². The fourth-order valence-electron chi connectivity index (χ4n) is 2.43. The fourth-order valence-corrected chi connectivity index (χ4v) is 2.43. The highest BCUT2D eigenvalue weighted by Gasteiger charge is 2.13. The molecule has 0 spiro atoms. The third-order valence-corrected chi connectivity index (χ3v) is 3.81. The summed E-state index contributed by atoms with van der Waals surface area (Å²) in [6, 6.07) is 10.7. The van der Waals surface area contributed by atoms with E-state index in [4.69, 9.17) is 5.73 Å². The summed E-state index contributed by atoms with van der Waals surface area (Å²) < 4.78 is 0. The Morgan fingerprint density at radius 1 is 0.944 bits per heavy atom. The summed E-state index contributed by atoms with van der Waals surface area (Å²) in [7, 11) is 0. The van der Waals surface area contributed by atoms with Crippen LogP contribution in [0.15, 0.2) is 30.3 Å². The van der Waals surface area contributed by atoms with E-state index >= 15 is 0 Å². The topological polar surface area (TPSA) is 26.0 Å². The van der Waals surface area contributed by atoms with E-state index in [2.05, 4.69) is 44.2 Å². The van der Waals surface area contributed by atoms with Gasteiger partial charge in [-0.3, -0.25) is 0 Å². The molecule has 1 nitrogen and oxygen atoms in total. The Balaban J connectivity index is 2.18. The van der Waals surface area contributed by atoms with E-state index in [1.807, 2.05) is 0 Å². The second-order valence-corrected chi connectivity index (χ2v) is 5.47. The molecule has 0 aromatic heterocycles. The van der Waals surface area contributed by atoms with Crippen LogP contribution in [0.2, 0.25) is 0 Å². The summed E-state index contributed by atoms with van der Waals surface area (Å²) in [6.07, 6.45) is 9.45. The standard InChI is InChI=1S/C17H29N/c1-3-4-5-6-7-9-12-15(2)17(18)16-13-10-8-11-14-16/h8,10-11,13-15,17H,3-7,9,12,18H2,1-2H3. The molecule has 0 heterocycles. The minimum Gasteiger partial charge on any atom is -0.324 e. The van der Waals surface area contributed by atoms with Gasteiger partial charge in [-0.25, -0.2) is 0 Å². The number of nitrogens with two attached hydrogens (primary N) is 1. The Bertz CT molecular complexity index is 294. The molecule has 0 aliphatic carbocycles. The minimum atomic E-state index is 0.196. The Kier molecular flexibility index (Phi) is 7.75. The summed E-state index contributed by atoms with van der Waals surface area (Å²) >= 11 is 0. The van der Waals surface area contributed by atoms with Crippen LogP contribution in [-0.4, -0.2) is 0 Å². The van der Waals surface area contributed by atoms with E-state index in [1.165, 1.54) is 50.5 Å². The highest BCUT2D eigenvalue weighted by atomic mass is 14.6. The van der Waals surface area contributed by atoms with E-state index in [1.54, 1.807) is 0 Å². The summed E-state index contributed by atoms with van der Waals surface area (Å²) in [4.78, 5) is 0. The highest BCUT2D eigenvalue weighted by Crippen LogP contribution is 2.24. The SMILES string of the molecule is CCCCCCCCC(C)C(N)c1ccccc1. The van der Waals surface area contributed by atoms with E-state index in [9.17, 15) is 0 Å². The van der Waals surface area contributed by atoms with Crippen molar-refractivity contribution in [2.75, 3.05) is 0 Å². The third-order valence-electron chi connectivity index (χ3n) is 3.81. The Labute approximate surface area is 113 Å². The Morgan fingerprint density at radius 2 is 1.56 bits per heavy atom. The van der Waals surface area contributed by atoms with Crippen molar-refractivity contribution in [3.8, 4) is 0 Å². The number of hydrogen-bond acceptors (Lipinski definition) is 1. The maximum absolute atomic E-state index is 6.30. The number of rotatable bonds is 9. The molecule has 0 saturated heterocycles. The van der Waals surface area contributed by atoms with Crippen molar-refractivity contribution in [1.29, 1.82) is 0 Å². The molecule has 18 heavy (non-hydrogen) atoms. The maximum atomic E-state index is 6.30. The molecular formula is C17H29N. The van der Waals surface area contributed by atoms with Crippen LogP contribution in [-0.2, 0) is 0 Å². The van der Waals surface area contributed by atoms with Gasteiger partial charge in [0.1, 0.15) is 0 Å². The summed E-state index contributed by atoms with van der Waals surface area (Å²) in [5, 5.41) is 0. The molecule has 0 fully saturated rings. The van der Waals surface area contributed by atoms with Crippen LogP contribution in [0, 0.1) is 5.92 Å². The maximum Gasteiger partial charge on any atom is 0.0320 e. The van der Waals surface area contributed by atoms with Crippen molar-refractivity contribution in [1.82, 2.24) is 0 Å². The van der Waals surface area contributed by atoms with Gasteiger partial charge in [0.05, 0.1) is 0 Å². The average molecular weight is 247 g/mol. The van der Waals surface area contributed by atoms with Crippen LogP contribution in [0.4, 0.5) is 0 Å². The Morgan fingerprint density at radius 3 is 2.22 bits per heavy atom. The number of hydrogen-bond donors (Lipinski definition) is 1. The van der Waals surface area contributed by atoms with Gasteiger partial charge in [0, 0.05) is 6.04 Å². The van der Waals surface area contributed by atoms with Gasteiger partial charge in [0.2, 0.25) is 0 Å². The molecule has 2 atom stereocenters.